The minimum Gasteiger partial charge on any atom is -0.388 e. The Bertz CT molecular complexity index is 1500. The first kappa shape index (κ1) is 24.6. The fourth-order valence-corrected chi connectivity index (χ4v) is 4.93. The third kappa shape index (κ3) is 4.16. The molecule has 0 amide bonds. The van der Waals surface area contributed by atoms with Gasteiger partial charge in [0.1, 0.15) is 42.1 Å². The number of pyridine rings is 1. The van der Waals surface area contributed by atoms with E-state index in [1.807, 2.05) is 0 Å². The number of aliphatic hydroxyl groups excluding tert-OH is 1. The average Bonchev–Trinajstić information content (AvgIpc) is 3.47. The highest BCUT2D eigenvalue weighted by molar-refractivity contribution is 5.56. The summed E-state index contributed by atoms with van der Waals surface area (Å²) in [6.45, 7) is 3.46. The zero-order chi connectivity index (χ0) is 26.8. The molecule has 1 aromatic carbocycles. The normalized spacial score (nSPS) is 25.2. The summed E-state index contributed by atoms with van der Waals surface area (Å²) in [7, 11) is 0. The van der Waals surface area contributed by atoms with Crippen molar-refractivity contribution in [1.29, 1.82) is 0 Å². The minimum absolute atomic E-state index is 0.0284. The number of alkyl halides is 3. The summed E-state index contributed by atoms with van der Waals surface area (Å²) < 4.78 is 69.7. The van der Waals surface area contributed by atoms with Crippen LogP contribution < -0.4 is 0 Å². The van der Waals surface area contributed by atoms with Crippen LogP contribution >= 0.6 is 0 Å². The monoisotopic (exact) mass is 530 g/mol. The van der Waals surface area contributed by atoms with Crippen LogP contribution in [0.5, 0.6) is 0 Å². The van der Waals surface area contributed by atoms with Crippen molar-refractivity contribution in [3.05, 3.63) is 77.5 Å². The van der Waals surface area contributed by atoms with Crippen LogP contribution in [0.2, 0.25) is 0 Å². The summed E-state index contributed by atoms with van der Waals surface area (Å²) in [4.78, 5) is 8.52. The molecule has 198 valence electrons. The van der Waals surface area contributed by atoms with Crippen LogP contribution in [0.25, 0.3) is 16.9 Å². The van der Waals surface area contributed by atoms with Gasteiger partial charge in [-0.3, -0.25) is 9.67 Å². The summed E-state index contributed by atoms with van der Waals surface area (Å²) >= 11 is 0. The van der Waals surface area contributed by atoms with Crippen molar-refractivity contribution < 1.29 is 32.1 Å². The Hall–Kier alpha value is -3.68. The number of ether oxygens (including phenoxy) is 2. The fourth-order valence-electron chi connectivity index (χ4n) is 4.93. The second kappa shape index (κ2) is 8.96. The third-order valence-corrected chi connectivity index (χ3v) is 6.74. The molecule has 13 heteroatoms. The largest absolute Gasteiger partial charge is 0.418 e. The Labute approximate surface area is 213 Å². The van der Waals surface area contributed by atoms with E-state index in [4.69, 9.17) is 9.47 Å². The second-order valence-electron chi connectivity index (χ2n) is 9.39. The number of benzene rings is 1. The van der Waals surface area contributed by atoms with Crippen LogP contribution in [0, 0.1) is 19.7 Å². The molecular weight excluding hydrogens is 508 g/mol. The Balaban J connectivity index is 1.40. The molecule has 0 saturated carbocycles. The lowest BCUT2D eigenvalue weighted by molar-refractivity contribution is -0.288. The molecule has 2 aliphatic rings. The van der Waals surface area contributed by atoms with Gasteiger partial charge in [0.05, 0.1) is 29.7 Å². The number of nitrogens with zero attached hydrogens (tertiary/aromatic N) is 6. The smallest absolute Gasteiger partial charge is 0.388 e. The Morgan fingerprint density at radius 1 is 1.13 bits per heavy atom. The highest BCUT2D eigenvalue weighted by Gasteiger charge is 2.54. The van der Waals surface area contributed by atoms with Crippen LogP contribution in [-0.4, -0.2) is 59.6 Å². The Morgan fingerprint density at radius 3 is 2.66 bits per heavy atom. The average molecular weight is 530 g/mol. The van der Waals surface area contributed by atoms with E-state index in [-0.39, 0.29) is 23.9 Å². The van der Waals surface area contributed by atoms with E-state index >= 15 is 0 Å². The molecule has 6 rings (SSSR count). The maximum atomic E-state index is 13.9. The van der Waals surface area contributed by atoms with E-state index in [9.17, 15) is 22.7 Å². The topological polar surface area (TPSA) is 100 Å². The van der Waals surface area contributed by atoms with Gasteiger partial charge in [-0.2, -0.15) is 23.4 Å². The number of rotatable bonds is 4. The van der Waals surface area contributed by atoms with Crippen molar-refractivity contribution in [3.63, 3.8) is 0 Å². The second-order valence-corrected chi connectivity index (χ2v) is 9.39. The van der Waals surface area contributed by atoms with Crippen LogP contribution in [0.4, 0.5) is 17.6 Å². The van der Waals surface area contributed by atoms with Crippen LogP contribution in [0.3, 0.4) is 0 Å². The van der Waals surface area contributed by atoms with E-state index in [1.54, 1.807) is 20.0 Å². The number of aliphatic hydroxyl groups is 1. The van der Waals surface area contributed by atoms with E-state index < -0.39 is 48.0 Å². The molecule has 3 aromatic heterocycles. The summed E-state index contributed by atoms with van der Waals surface area (Å²) in [5, 5.41) is 20.1. The van der Waals surface area contributed by atoms with Gasteiger partial charge in [-0.25, -0.2) is 14.1 Å². The lowest BCUT2D eigenvalue weighted by Gasteiger charge is -2.49. The van der Waals surface area contributed by atoms with E-state index in [1.165, 1.54) is 41.3 Å². The molecule has 0 bridgehead atoms. The molecule has 5 unspecified atom stereocenters. The van der Waals surface area contributed by atoms with E-state index in [0.717, 1.165) is 10.7 Å². The van der Waals surface area contributed by atoms with Gasteiger partial charge in [0.25, 0.3) is 0 Å². The molecule has 5 heterocycles. The number of aryl methyl sites for hydroxylation is 2. The van der Waals surface area contributed by atoms with Crippen LogP contribution in [-0.2, 0) is 15.7 Å². The number of hydrogen-bond acceptors (Lipinski definition) is 7. The lowest BCUT2D eigenvalue weighted by atomic mass is 9.89. The number of aromatic nitrogens is 6. The number of halogens is 4. The number of fused-ring (bicyclic) bond motifs is 1. The van der Waals surface area contributed by atoms with Gasteiger partial charge < -0.3 is 14.6 Å². The predicted molar refractivity (Wildman–Crippen MR) is 124 cm³/mol. The summed E-state index contributed by atoms with van der Waals surface area (Å²) in [5.41, 5.74) is 0.364. The summed E-state index contributed by atoms with van der Waals surface area (Å²) in [6, 6.07) is 5.46. The molecule has 0 spiro atoms. The van der Waals surface area contributed by atoms with Crippen molar-refractivity contribution in [2.24, 2.45) is 0 Å². The summed E-state index contributed by atoms with van der Waals surface area (Å²) in [6.07, 6.45) is -3.68. The van der Waals surface area contributed by atoms with Gasteiger partial charge >= 0.3 is 6.18 Å². The Morgan fingerprint density at radius 2 is 1.95 bits per heavy atom. The van der Waals surface area contributed by atoms with Crippen molar-refractivity contribution in [3.8, 4) is 16.9 Å². The maximum absolute atomic E-state index is 13.9. The van der Waals surface area contributed by atoms with Gasteiger partial charge in [-0.05, 0) is 37.6 Å². The van der Waals surface area contributed by atoms with Gasteiger partial charge in [-0.1, -0.05) is 6.07 Å². The molecule has 9 nitrogen and oxygen atoms in total. The molecule has 5 atom stereocenters. The molecule has 1 N–H and O–H groups in total. The molecule has 0 radical (unpaired) electrons. The van der Waals surface area contributed by atoms with E-state index in [2.05, 4.69) is 20.2 Å². The fraction of sp³-hybridized carbons (Fsp3) is 0.360. The van der Waals surface area contributed by atoms with Crippen molar-refractivity contribution >= 4 is 0 Å². The quantitative estimate of drug-likeness (QED) is 0.402. The molecule has 2 aliphatic heterocycles. The van der Waals surface area contributed by atoms with Crippen molar-refractivity contribution in [2.75, 3.05) is 6.61 Å². The molecule has 2 fully saturated rings. The first-order valence-electron chi connectivity index (χ1n) is 11.8. The van der Waals surface area contributed by atoms with E-state index in [0.29, 0.717) is 16.8 Å². The van der Waals surface area contributed by atoms with Gasteiger partial charge in [0.15, 0.2) is 5.82 Å². The van der Waals surface area contributed by atoms with Gasteiger partial charge in [0, 0.05) is 24.0 Å². The SMILES string of the molecule is Cc1ccc(C(F)(F)F)c(-n2nc(C)nc2C2OC3COC3C(n3cc(-c4cc(F)ccn4)cn3)C2O)c1. The molecule has 0 aliphatic carbocycles. The molecule has 2 saturated heterocycles. The standard InChI is InChI=1S/C25H22F4N6O3/c1-12-3-4-16(25(27,28)29)18(7-12)35-24(32-13(2)33-35)23-21(36)20(22-19(38-23)11-37-22)34-10-14(9-31-34)17-8-15(26)5-6-30-17/h3-10,19-23,36H,11H2,1-2H3. The molecule has 4 aromatic rings. The third-order valence-electron chi connectivity index (χ3n) is 6.74. The van der Waals surface area contributed by atoms with Gasteiger partial charge in [-0.15, -0.1) is 0 Å². The van der Waals surface area contributed by atoms with Gasteiger partial charge in [0.2, 0.25) is 0 Å². The highest BCUT2D eigenvalue weighted by Crippen LogP contribution is 2.44. The zero-order valence-electron chi connectivity index (χ0n) is 20.2. The zero-order valence-corrected chi connectivity index (χ0v) is 20.2. The maximum Gasteiger partial charge on any atom is 0.418 e. The first-order valence-corrected chi connectivity index (χ1v) is 11.8. The predicted octanol–water partition coefficient (Wildman–Crippen LogP) is 3.74. The Kier molecular flexibility index (Phi) is 5.81. The van der Waals surface area contributed by atoms with Crippen molar-refractivity contribution in [2.45, 2.75) is 50.5 Å². The lowest BCUT2D eigenvalue weighted by Crippen LogP contribution is -2.60. The molecular formula is C25H22F4N6O3. The minimum atomic E-state index is -4.64. The van der Waals surface area contributed by atoms with Crippen LogP contribution in [0.15, 0.2) is 48.9 Å². The summed E-state index contributed by atoms with van der Waals surface area (Å²) in [5.74, 6) is -0.214. The van der Waals surface area contributed by atoms with Crippen molar-refractivity contribution in [1.82, 2.24) is 29.5 Å². The van der Waals surface area contributed by atoms with Crippen LogP contribution in [0.1, 0.15) is 34.9 Å². The first-order chi connectivity index (χ1) is 18.1. The molecule has 38 heavy (non-hydrogen) atoms. The highest BCUT2D eigenvalue weighted by atomic mass is 19.4. The number of hydrogen-bond donors (Lipinski definition) is 1.